The molecule has 2 aliphatic rings. The monoisotopic (exact) mass is 318 g/mol. The van der Waals surface area contributed by atoms with Crippen LogP contribution in [-0.2, 0) is 0 Å². The van der Waals surface area contributed by atoms with Gasteiger partial charge in [-0.3, -0.25) is 4.79 Å². The molecule has 0 saturated carbocycles. The van der Waals surface area contributed by atoms with Crippen molar-refractivity contribution in [3.63, 3.8) is 0 Å². The summed E-state index contributed by atoms with van der Waals surface area (Å²) < 4.78 is 0. The summed E-state index contributed by atoms with van der Waals surface area (Å²) in [6.45, 7) is 3.06. The number of hydrogen-bond acceptors (Lipinski definition) is 4. The van der Waals surface area contributed by atoms with Gasteiger partial charge in [-0.05, 0) is 49.9 Å². The van der Waals surface area contributed by atoms with Crippen LogP contribution >= 0.6 is 0 Å². The normalized spacial score (nSPS) is 25.5. The van der Waals surface area contributed by atoms with Gasteiger partial charge in [-0.1, -0.05) is 0 Å². The molecular formula is C18H26N2O3. The van der Waals surface area contributed by atoms with Crippen LogP contribution in [0.15, 0.2) is 24.3 Å². The number of benzene rings is 1. The van der Waals surface area contributed by atoms with Gasteiger partial charge in [0.05, 0.1) is 6.10 Å². The standard InChI is InChI=1S/C18H26N2O3/c21-13-15-8-11-20(12-17(15)22)18(23)14-4-6-16(7-5-14)19-9-2-1-3-10-19/h4-7,15,17,21-22H,1-3,8-13H2/t15-,17-/m1/s1. The largest absolute Gasteiger partial charge is 0.396 e. The Balaban J connectivity index is 1.63. The van der Waals surface area contributed by atoms with E-state index in [0.29, 0.717) is 25.1 Å². The van der Waals surface area contributed by atoms with E-state index in [1.54, 1.807) is 4.90 Å². The van der Waals surface area contributed by atoms with E-state index in [0.717, 1.165) is 13.1 Å². The minimum Gasteiger partial charge on any atom is -0.396 e. The minimum atomic E-state index is -0.634. The van der Waals surface area contributed by atoms with Crippen molar-refractivity contribution in [2.45, 2.75) is 31.8 Å². The van der Waals surface area contributed by atoms with Gasteiger partial charge < -0.3 is 20.0 Å². The van der Waals surface area contributed by atoms with E-state index in [1.165, 1.54) is 24.9 Å². The second kappa shape index (κ2) is 7.32. The molecular weight excluding hydrogens is 292 g/mol. The van der Waals surface area contributed by atoms with Crippen LogP contribution in [0.1, 0.15) is 36.0 Å². The molecule has 5 heteroatoms. The van der Waals surface area contributed by atoms with Crippen LogP contribution in [0.2, 0.25) is 0 Å². The van der Waals surface area contributed by atoms with Crippen LogP contribution in [0.5, 0.6) is 0 Å². The third-order valence-electron chi connectivity index (χ3n) is 5.08. The smallest absolute Gasteiger partial charge is 0.253 e. The van der Waals surface area contributed by atoms with E-state index in [1.807, 2.05) is 24.3 Å². The zero-order valence-electron chi connectivity index (χ0n) is 13.5. The second-order valence-electron chi connectivity index (χ2n) is 6.64. The summed E-state index contributed by atoms with van der Waals surface area (Å²) in [6.07, 6.45) is 3.79. The summed E-state index contributed by atoms with van der Waals surface area (Å²) in [7, 11) is 0. The molecule has 0 aliphatic carbocycles. The number of carbonyl (C=O) groups excluding carboxylic acids is 1. The van der Waals surface area contributed by atoms with Crippen molar-refractivity contribution in [1.29, 1.82) is 0 Å². The molecule has 2 saturated heterocycles. The van der Waals surface area contributed by atoms with Crippen molar-refractivity contribution >= 4 is 11.6 Å². The van der Waals surface area contributed by atoms with Crippen LogP contribution in [0.25, 0.3) is 0 Å². The molecule has 0 spiro atoms. The van der Waals surface area contributed by atoms with Gasteiger partial charge in [0, 0.05) is 50.0 Å². The third kappa shape index (κ3) is 3.67. The molecule has 23 heavy (non-hydrogen) atoms. The Hall–Kier alpha value is -1.59. The summed E-state index contributed by atoms with van der Waals surface area (Å²) in [6, 6.07) is 7.82. The number of anilines is 1. The zero-order valence-corrected chi connectivity index (χ0v) is 13.5. The van der Waals surface area contributed by atoms with Gasteiger partial charge in [0.2, 0.25) is 0 Å². The lowest BCUT2D eigenvalue weighted by molar-refractivity contribution is 0.000878. The molecule has 2 fully saturated rings. The average molecular weight is 318 g/mol. The van der Waals surface area contributed by atoms with Gasteiger partial charge in [-0.25, -0.2) is 0 Å². The van der Waals surface area contributed by atoms with Crippen molar-refractivity contribution in [1.82, 2.24) is 4.90 Å². The van der Waals surface area contributed by atoms with E-state index in [9.17, 15) is 15.0 Å². The minimum absolute atomic E-state index is 0.0201. The molecule has 3 rings (SSSR count). The molecule has 0 bridgehead atoms. The molecule has 0 unspecified atom stereocenters. The van der Waals surface area contributed by atoms with E-state index in [-0.39, 0.29) is 18.4 Å². The fourth-order valence-corrected chi connectivity index (χ4v) is 3.53. The molecule has 0 radical (unpaired) electrons. The van der Waals surface area contributed by atoms with E-state index in [4.69, 9.17) is 0 Å². The number of likely N-dealkylation sites (tertiary alicyclic amines) is 1. The van der Waals surface area contributed by atoms with Crippen molar-refractivity contribution in [3.05, 3.63) is 29.8 Å². The molecule has 126 valence electrons. The van der Waals surface area contributed by atoms with Gasteiger partial charge in [0.1, 0.15) is 0 Å². The molecule has 5 nitrogen and oxygen atoms in total. The fourth-order valence-electron chi connectivity index (χ4n) is 3.53. The van der Waals surface area contributed by atoms with Gasteiger partial charge >= 0.3 is 0 Å². The second-order valence-corrected chi connectivity index (χ2v) is 6.64. The molecule has 1 aromatic rings. The number of nitrogens with zero attached hydrogens (tertiary/aromatic N) is 2. The lowest BCUT2D eigenvalue weighted by atomic mass is 9.94. The van der Waals surface area contributed by atoms with Crippen LogP contribution in [-0.4, -0.2) is 59.9 Å². The first-order valence-electron chi connectivity index (χ1n) is 8.62. The lowest BCUT2D eigenvalue weighted by Crippen LogP contribution is -2.47. The number of piperidine rings is 2. The van der Waals surface area contributed by atoms with Crippen molar-refractivity contribution in [3.8, 4) is 0 Å². The van der Waals surface area contributed by atoms with Gasteiger partial charge in [-0.15, -0.1) is 0 Å². The number of β-amino-alcohol motifs (C(OH)–C–C–N with tert-alkyl or cyclic N) is 1. The quantitative estimate of drug-likeness (QED) is 0.886. The van der Waals surface area contributed by atoms with Crippen LogP contribution in [0, 0.1) is 5.92 Å². The number of carbonyl (C=O) groups is 1. The number of amides is 1. The number of aliphatic hydroxyl groups is 2. The Labute approximate surface area is 137 Å². The van der Waals surface area contributed by atoms with E-state index >= 15 is 0 Å². The Bertz CT molecular complexity index is 526. The summed E-state index contributed by atoms with van der Waals surface area (Å²) in [5.74, 6) is -0.147. The van der Waals surface area contributed by atoms with Gasteiger partial charge in [-0.2, -0.15) is 0 Å². The molecule has 2 atom stereocenters. The van der Waals surface area contributed by atoms with Crippen LogP contribution in [0.4, 0.5) is 5.69 Å². The first-order valence-corrected chi connectivity index (χ1v) is 8.62. The predicted octanol–water partition coefficient (Wildman–Crippen LogP) is 1.49. The zero-order chi connectivity index (χ0) is 16.2. The highest BCUT2D eigenvalue weighted by molar-refractivity contribution is 5.94. The third-order valence-corrected chi connectivity index (χ3v) is 5.08. The van der Waals surface area contributed by atoms with Crippen molar-refractivity contribution < 1.29 is 15.0 Å². The highest BCUT2D eigenvalue weighted by Crippen LogP contribution is 2.22. The first-order chi connectivity index (χ1) is 11.2. The molecule has 2 aliphatic heterocycles. The van der Waals surface area contributed by atoms with E-state index < -0.39 is 6.10 Å². The Morgan fingerprint density at radius 1 is 1.09 bits per heavy atom. The van der Waals surface area contributed by atoms with Crippen LogP contribution in [0.3, 0.4) is 0 Å². The molecule has 1 aromatic carbocycles. The average Bonchev–Trinajstić information content (AvgIpc) is 2.62. The van der Waals surface area contributed by atoms with Gasteiger partial charge in [0.15, 0.2) is 0 Å². The highest BCUT2D eigenvalue weighted by atomic mass is 16.3. The summed E-state index contributed by atoms with van der Waals surface area (Å²) in [5, 5.41) is 19.2. The molecule has 2 heterocycles. The SMILES string of the molecule is O=C(c1ccc(N2CCCCC2)cc1)N1CC[C@H](CO)[C@H](O)C1. The highest BCUT2D eigenvalue weighted by Gasteiger charge is 2.30. The van der Waals surface area contributed by atoms with E-state index in [2.05, 4.69) is 4.90 Å². The Morgan fingerprint density at radius 2 is 1.78 bits per heavy atom. The van der Waals surface area contributed by atoms with Crippen LogP contribution < -0.4 is 4.90 Å². The summed E-state index contributed by atoms with van der Waals surface area (Å²) in [5.41, 5.74) is 1.85. The maximum absolute atomic E-state index is 12.6. The molecule has 0 aromatic heterocycles. The summed E-state index contributed by atoms with van der Waals surface area (Å²) >= 11 is 0. The number of hydrogen-bond donors (Lipinski definition) is 2. The first kappa shape index (κ1) is 16.3. The van der Waals surface area contributed by atoms with Crippen molar-refractivity contribution in [2.75, 3.05) is 37.7 Å². The molecule has 2 N–H and O–H groups in total. The van der Waals surface area contributed by atoms with Crippen molar-refractivity contribution in [2.24, 2.45) is 5.92 Å². The fraction of sp³-hybridized carbons (Fsp3) is 0.611. The maximum atomic E-state index is 12.6. The Morgan fingerprint density at radius 3 is 2.39 bits per heavy atom. The predicted molar refractivity (Wildman–Crippen MR) is 89.6 cm³/mol. The number of rotatable bonds is 3. The Kier molecular flexibility index (Phi) is 5.18. The lowest BCUT2D eigenvalue weighted by Gasteiger charge is -2.35. The topological polar surface area (TPSA) is 64.0 Å². The number of aliphatic hydroxyl groups excluding tert-OH is 2. The molecule has 1 amide bonds. The van der Waals surface area contributed by atoms with Gasteiger partial charge in [0.25, 0.3) is 5.91 Å². The maximum Gasteiger partial charge on any atom is 0.253 e. The summed E-state index contributed by atoms with van der Waals surface area (Å²) in [4.78, 5) is 16.6.